The minimum atomic E-state index is 0.239. The van der Waals surface area contributed by atoms with Gasteiger partial charge in [0.05, 0.1) is 15.2 Å². The number of aromatic nitrogens is 1. The van der Waals surface area contributed by atoms with Gasteiger partial charge in [0.2, 0.25) is 0 Å². The number of hydrogen-bond acceptors (Lipinski definition) is 3. The summed E-state index contributed by atoms with van der Waals surface area (Å²) in [7, 11) is 2.19. The van der Waals surface area contributed by atoms with Crippen molar-refractivity contribution in [1.82, 2.24) is 9.88 Å². The average molecular weight is 281 g/mol. The van der Waals surface area contributed by atoms with Gasteiger partial charge in [-0.2, -0.15) is 0 Å². The standard InChI is InChI=1S/C14H17ClN2S/c1-14(5-7-17(2)8-6-14)13-16-11-9-10(15)3-4-12(11)18-13/h3-4,9H,5-8H2,1-2H3. The monoisotopic (exact) mass is 280 g/mol. The lowest BCUT2D eigenvalue weighted by Crippen LogP contribution is -2.38. The Hall–Kier alpha value is -0.640. The van der Waals surface area contributed by atoms with Crippen molar-refractivity contribution < 1.29 is 0 Å². The quantitative estimate of drug-likeness (QED) is 0.787. The molecule has 1 aliphatic rings. The first-order valence-corrected chi connectivity index (χ1v) is 7.51. The molecule has 2 nitrogen and oxygen atoms in total. The maximum absolute atomic E-state index is 6.03. The fourth-order valence-corrected chi connectivity index (χ4v) is 3.80. The van der Waals surface area contributed by atoms with E-state index in [4.69, 9.17) is 16.6 Å². The molecule has 1 fully saturated rings. The fraction of sp³-hybridized carbons (Fsp3) is 0.500. The zero-order valence-corrected chi connectivity index (χ0v) is 12.3. The first kappa shape index (κ1) is 12.4. The van der Waals surface area contributed by atoms with Crippen molar-refractivity contribution in [2.45, 2.75) is 25.2 Å². The van der Waals surface area contributed by atoms with Crippen LogP contribution in [-0.4, -0.2) is 30.0 Å². The topological polar surface area (TPSA) is 16.1 Å². The molecule has 0 radical (unpaired) electrons. The Labute approximate surface area is 117 Å². The summed E-state index contributed by atoms with van der Waals surface area (Å²) in [6.07, 6.45) is 2.38. The molecular formula is C14H17ClN2S. The highest BCUT2D eigenvalue weighted by Gasteiger charge is 2.33. The summed E-state index contributed by atoms with van der Waals surface area (Å²) >= 11 is 7.85. The predicted octanol–water partition coefficient (Wildman–Crippen LogP) is 3.93. The Balaban J connectivity index is 1.98. The Bertz CT molecular complexity index is 570. The van der Waals surface area contributed by atoms with Gasteiger partial charge in [0.15, 0.2) is 0 Å². The average Bonchev–Trinajstić information content (AvgIpc) is 2.77. The molecule has 0 bridgehead atoms. The largest absolute Gasteiger partial charge is 0.306 e. The van der Waals surface area contributed by atoms with Crippen LogP contribution in [0.3, 0.4) is 0 Å². The van der Waals surface area contributed by atoms with E-state index in [0.29, 0.717) is 0 Å². The van der Waals surface area contributed by atoms with Crippen LogP contribution < -0.4 is 0 Å². The minimum absolute atomic E-state index is 0.239. The van der Waals surface area contributed by atoms with Crippen molar-refractivity contribution in [1.29, 1.82) is 0 Å². The zero-order chi connectivity index (χ0) is 12.8. The number of rotatable bonds is 1. The summed E-state index contributed by atoms with van der Waals surface area (Å²) in [5.74, 6) is 0. The molecule has 1 saturated heterocycles. The predicted molar refractivity (Wildman–Crippen MR) is 78.7 cm³/mol. The third-order valence-electron chi connectivity index (χ3n) is 3.96. The van der Waals surface area contributed by atoms with Gasteiger partial charge in [-0.3, -0.25) is 0 Å². The van der Waals surface area contributed by atoms with Crippen molar-refractivity contribution in [3.8, 4) is 0 Å². The van der Waals surface area contributed by atoms with Crippen LogP contribution in [0.2, 0.25) is 5.02 Å². The number of halogens is 1. The van der Waals surface area contributed by atoms with Crippen LogP contribution in [0.15, 0.2) is 18.2 Å². The molecule has 0 N–H and O–H groups in total. The van der Waals surface area contributed by atoms with Crippen LogP contribution in [0.4, 0.5) is 0 Å². The van der Waals surface area contributed by atoms with Crippen LogP contribution in [0.1, 0.15) is 24.8 Å². The smallest absolute Gasteiger partial charge is 0.0998 e. The van der Waals surface area contributed by atoms with Crippen molar-refractivity contribution in [3.63, 3.8) is 0 Å². The summed E-state index contributed by atoms with van der Waals surface area (Å²) < 4.78 is 1.24. The maximum atomic E-state index is 6.03. The SMILES string of the molecule is CN1CCC(C)(c2nc3cc(Cl)ccc3s2)CC1. The summed E-state index contributed by atoms with van der Waals surface area (Å²) in [4.78, 5) is 7.20. The third kappa shape index (κ3) is 2.15. The Morgan fingerprint density at radius 3 is 2.78 bits per heavy atom. The normalized spacial score (nSPS) is 20.4. The second-order valence-electron chi connectivity index (χ2n) is 5.50. The number of thiazole rings is 1. The van der Waals surface area contributed by atoms with E-state index < -0.39 is 0 Å². The molecule has 2 heterocycles. The Morgan fingerprint density at radius 2 is 2.06 bits per heavy atom. The van der Waals surface area contributed by atoms with Gasteiger partial charge >= 0.3 is 0 Å². The third-order valence-corrected chi connectivity index (χ3v) is 5.53. The van der Waals surface area contributed by atoms with Gasteiger partial charge in [0.25, 0.3) is 0 Å². The summed E-state index contributed by atoms with van der Waals surface area (Å²) in [5, 5.41) is 2.04. The van der Waals surface area contributed by atoms with Gasteiger partial charge in [-0.25, -0.2) is 4.98 Å². The lowest BCUT2D eigenvalue weighted by Gasteiger charge is -2.36. The van der Waals surface area contributed by atoms with Crippen molar-refractivity contribution in [3.05, 3.63) is 28.2 Å². The van der Waals surface area contributed by atoms with E-state index in [1.807, 2.05) is 23.5 Å². The number of nitrogens with zero attached hydrogens (tertiary/aromatic N) is 2. The van der Waals surface area contributed by atoms with Gasteiger partial charge < -0.3 is 4.90 Å². The molecule has 4 heteroatoms. The highest BCUT2D eigenvalue weighted by Crippen LogP contribution is 2.39. The molecule has 0 amide bonds. The first-order chi connectivity index (χ1) is 8.57. The molecule has 1 aromatic heterocycles. The zero-order valence-electron chi connectivity index (χ0n) is 10.7. The fourth-order valence-electron chi connectivity index (χ4n) is 2.48. The van der Waals surface area contributed by atoms with Gasteiger partial charge in [-0.05, 0) is 51.2 Å². The molecule has 0 spiro atoms. The van der Waals surface area contributed by atoms with Crippen molar-refractivity contribution in [2.24, 2.45) is 0 Å². The summed E-state index contributed by atoms with van der Waals surface area (Å²) in [6.45, 7) is 4.67. The van der Waals surface area contributed by atoms with Crippen LogP contribution in [0.5, 0.6) is 0 Å². The minimum Gasteiger partial charge on any atom is -0.306 e. The number of fused-ring (bicyclic) bond motifs is 1. The van der Waals surface area contributed by atoms with Crippen molar-refractivity contribution in [2.75, 3.05) is 20.1 Å². The molecule has 0 unspecified atom stereocenters. The number of piperidine rings is 1. The molecule has 96 valence electrons. The first-order valence-electron chi connectivity index (χ1n) is 6.32. The highest BCUT2D eigenvalue weighted by atomic mass is 35.5. The van der Waals surface area contributed by atoms with E-state index >= 15 is 0 Å². The second-order valence-corrected chi connectivity index (χ2v) is 6.96. The molecule has 18 heavy (non-hydrogen) atoms. The molecule has 1 aliphatic heterocycles. The van der Waals surface area contributed by atoms with Gasteiger partial charge in [0, 0.05) is 10.4 Å². The van der Waals surface area contributed by atoms with Gasteiger partial charge in [-0.15, -0.1) is 11.3 Å². The van der Waals surface area contributed by atoms with Crippen molar-refractivity contribution >= 4 is 33.2 Å². The molecule has 0 atom stereocenters. The number of likely N-dealkylation sites (tertiary alicyclic amines) is 1. The Kier molecular flexibility index (Phi) is 3.08. The van der Waals surface area contributed by atoms with Crippen LogP contribution >= 0.6 is 22.9 Å². The summed E-state index contributed by atoms with van der Waals surface area (Å²) in [5.41, 5.74) is 1.28. The van der Waals surface area contributed by atoms with E-state index in [-0.39, 0.29) is 5.41 Å². The van der Waals surface area contributed by atoms with Crippen LogP contribution in [-0.2, 0) is 5.41 Å². The van der Waals surface area contributed by atoms with E-state index in [1.165, 1.54) is 22.5 Å². The van der Waals surface area contributed by atoms with Gasteiger partial charge in [0.1, 0.15) is 0 Å². The maximum Gasteiger partial charge on any atom is 0.0998 e. The Morgan fingerprint density at radius 1 is 1.33 bits per heavy atom. The molecule has 2 aromatic rings. The lowest BCUT2D eigenvalue weighted by molar-refractivity contribution is 0.200. The highest BCUT2D eigenvalue weighted by molar-refractivity contribution is 7.18. The molecular weight excluding hydrogens is 264 g/mol. The van der Waals surface area contributed by atoms with Crippen LogP contribution in [0, 0.1) is 0 Å². The molecule has 1 aromatic carbocycles. The lowest BCUT2D eigenvalue weighted by atomic mass is 9.81. The van der Waals surface area contributed by atoms with E-state index in [9.17, 15) is 0 Å². The van der Waals surface area contributed by atoms with Crippen LogP contribution in [0.25, 0.3) is 10.2 Å². The second kappa shape index (κ2) is 4.48. The summed E-state index contributed by atoms with van der Waals surface area (Å²) in [6, 6.07) is 6.00. The van der Waals surface area contributed by atoms with E-state index in [1.54, 1.807) is 0 Å². The van der Waals surface area contributed by atoms with E-state index in [2.05, 4.69) is 24.9 Å². The van der Waals surface area contributed by atoms with Gasteiger partial charge in [-0.1, -0.05) is 18.5 Å². The number of benzene rings is 1. The molecule has 0 aliphatic carbocycles. The number of hydrogen-bond donors (Lipinski definition) is 0. The van der Waals surface area contributed by atoms with E-state index in [0.717, 1.165) is 23.6 Å². The molecule has 0 saturated carbocycles. The molecule has 3 rings (SSSR count).